The van der Waals surface area contributed by atoms with Gasteiger partial charge < -0.3 is 24.5 Å². The zero-order valence-corrected chi connectivity index (χ0v) is 18.3. The van der Waals surface area contributed by atoms with Crippen LogP contribution in [0.15, 0.2) is 18.2 Å². The van der Waals surface area contributed by atoms with Crippen molar-refractivity contribution in [2.45, 2.75) is 58.0 Å². The lowest BCUT2D eigenvalue weighted by atomic mass is 10.1. The molecule has 3 unspecified atom stereocenters. The van der Waals surface area contributed by atoms with Gasteiger partial charge >= 0.3 is 6.09 Å². The third kappa shape index (κ3) is 5.47. The van der Waals surface area contributed by atoms with E-state index in [2.05, 4.69) is 6.92 Å². The van der Waals surface area contributed by atoms with Gasteiger partial charge in [-0.3, -0.25) is 14.7 Å². The summed E-state index contributed by atoms with van der Waals surface area (Å²) >= 11 is 0. The number of hydrogen-bond donors (Lipinski definition) is 2. The van der Waals surface area contributed by atoms with Crippen LogP contribution in [0, 0.1) is 0 Å². The molecular weight excluding hydrogens is 402 g/mol. The van der Waals surface area contributed by atoms with Crippen LogP contribution in [0.3, 0.4) is 0 Å². The fraction of sp³-hybridized carbons (Fsp3) is 0.636. The van der Waals surface area contributed by atoms with Gasteiger partial charge in [0.1, 0.15) is 12.5 Å². The Kier molecular flexibility index (Phi) is 8.11. The van der Waals surface area contributed by atoms with E-state index >= 15 is 0 Å². The predicted molar refractivity (Wildman–Crippen MR) is 114 cm³/mol. The molecule has 0 aliphatic carbocycles. The number of ether oxygens (including phenoxy) is 2. The van der Waals surface area contributed by atoms with Gasteiger partial charge in [0.05, 0.1) is 18.8 Å². The van der Waals surface area contributed by atoms with Crippen molar-refractivity contribution in [3.05, 3.63) is 23.8 Å². The van der Waals surface area contributed by atoms with Crippen LogP contribution in [0.5, 0.6) is 11.5 Å². The maximum atomic E-state index is 12.3. The number of rotatable bonds is 11. The van der Waals surface area contributed by atoms with E-state index in [1.807, 2.05) is 21.9 Å². The number of aliphatic hydroxyl groups excluding tert-OH is 1. The van der Waals surface area contributed by atoms with E-state index in [1.165, 1.54) is 4.90 Å². The zero-order chi connectivity index (χ0) is 22.4. The summed E-state index contributed by atoms with van der Waals surface area (Å²) in [5.41, 5.74) is 0.806. The molecule has 9 nitrogen and oxygen atoms in total. The first-order valence-electron chi connectivity index (χ1n) is 11.0. The van der Waals surface area contributed by atoms with Crippen molar-refractivity contribution >= 4 is 12.4 Å². The number of fused-ring (bicyclic) bond motifs is 1. The molecule has 1 saturated heterocycles. The highest BCUT2D eigenvalue weighted by Gasteiger charge is 2.43. The average Bonchev–Trinajstić information content (AvgIpc) is 3.34. The molecule has 172 valence electrons. The Hall–Kier alpha value is -2.36. The molecule has 2 heterocycles. The number of carbonyl (C=O) groups excluding carboxylic acids is 1. The fourth-order valence-electron chi connectivity index (χ4n) is 4.41. The molecule has 31 heavy (non-hydrogen) atoms. The highest BCUT2D eigenvalue weighted by molar-refractivity contribution is 5.67. The second-order valence-corrected chi connectivity index (χ2v) is 8.08. The normalized spacial score (nSPS) is 21.6. The number of carboxylic acid groups (broad SMARTS) is 1. The molecule has 0 radical (unpaired) electrons. The van der Waals surface area contributed by atoms with Crippen molar-refractivity contribution in [2.24, 2.45) is 0 Å². The van der Waals surface area contributed by atoms with Crippen LogP contribution < -0.4 is 9.47 Å². The van der Waals surface area contributed by atoms with Gasteiger partial charge in [0.15, 0.2) is 11.5 Å². The van der Waals surface area contributed by atoms with Crippen LogP contribution in [0.1, 0.15) is 51.1 Å². The minimum absolute atomic E-state index is 0.152. The van der Waals surface area contributed by atoms with Gasteiger partial charge in [-0.25, -0.2) is 4.79 Å². The molecular formula is C22H33N3O6. The van der Waals surface area contributed by atoms with Gasteiger partial charge in [-0.2, -0.15) is 0 Å². The maximum absolute atomic E-state index is 12.3. The Bertz CT molecular complexity index is 759. The van der Waals surface area contributed by atoms with Gasteiger partial charge in [0, 0.05) is 19.6 Å². The lowest BCUT2D eigenvalue weighted by Gasteiger charge is -2.32. The van der Waals surface area contributed by atoms with Crippen LogP contribution in [-0.4, -0.2) is 82.7 Å². The highest BCUT2D eigenvalue weighted by atomic mass is 16.7. The molecule has 1 aromatic carbocycles. The molecule has 2 aliphatic rings. The molecule has 0 aromatic heterocycles. The first-order valence-corrected chi connectivity index (χ1v) is 11.0. The first-order chi connectivity index (χ1) is 15.0. The summed E-state index contributed by atoms with van der Waals surface area (Å²) in [7, 11) is 0. The molecule has 3 atom stereocenters. The van der Waals surface area contributed by atoms with Crippen molar-refractivity contribution < 1.29 is 29.3 Å². The van der Waals surface area contributed by atoms with Crippen molar-refractivity contribution in [3.8, 4) is 11.5 Å². The predicted octanol–water partition coefficient (Wildman–Crippen LogP) is 2.50. The zero-order valence-electron chi connectivity index (χ0n) is 18.3. The molecule has 3 rings (SSSR count). The van der Waals surface area contributed by atoms with Crippen LogP contribution in [0.4, 0.5) is 4.79 Å². The van der Waals surface area contributed by atoms with Gasteiger partial charge in [-0.1, -0.05) is 25.8 Å². The van der Waals surface area contributed by atoms with Gasteiger partial charge in [0.25, 0.3) is 0 Å². The second kappa shape index (κ2) is 10.8. The van der Waals surface area contributed by atoms with E-state index in [0.29, 0.717) is 31.0 Å². The van der Waals surface area contributed by atoms with E-state index in [4.69, 9.17) is 9.47 Å². The van der Waals surface area contributed by atoms with E-state index < -0.39 is 24.5 Å². The molecule has 2 N–H and O–H groups in total. The summed E-state index contributed by atoms with van der Waals surface area (Å²) in [4.78, 5) is 28.8. The number of aldehydes is 1. The summed E-state index contributed by atoms with van der Waals surface area (Å²) in [5, 5.41) is 20.2. The third-order valence-electron chi connectivity index (χ3n) is 6.05. The highest BCUT2D eigenvalue weighted by Crippen LogP contribution is 2.39. The largest absolute Gasteiger partial charge is 0.465 e. The van der Waals surface area contributed by atoms with E-state index in [-0.39, 0.29) is 13.3 Å². The van der Waals surface area contributed by atoms with Crippen molar-refractivity contribution in [3.63, 3.8) is 0 Å². The van der Waals surface area contributed by atoms with Crippen LogP contribution >= 0.6 is 0 Å². The number of hydrogen-bond acceptors (Lipinski definition) is 7. The average molecular weight is 436 g/mol. The Morgan fingerprint density at radius 1 is 1.29 bits per heavy atom. The molecule has 2 aliphatic heterocycles. The molecule has 0 spiro atoms. The summed E-state index contributed by atoms with van der Waals surface area (Å²) < 4.78 is 10.8. The van der Waals surface area contributed by atoms with E-state index in [9.17, 15) is 19.8 Å². The lowest BCUT2D eigenvalue weighted by molar-refractivity contribution is -0.109. The molecule has 1 aromatic rings. The summed E-state index contributed by atoms with van der Waals surface area (Å²) in [5.74, 6) is 1.24. The molecule has 0 bridgehead atoms. The van der Waals surface area contributed by atoms with E-state index in [0.717, 1.165) is 37.7 Å². The molecule has 9 heteroatoms. The standard InChI is InChI=1S/C22H33N3O6/c1-3-4-5-9-23(16(2)27)10-8-21-24(11-12-26)14-18(25(21)22(28)29)17-6-7-19-20(13-17)31-15-30-19/h6-7,12-13,16,18,21,27H,3-5,8-11,14-15H2,1-2H3,(H,28,29). The Morgan fingerprint density at radius 2 is 2.06 bits per heavy atom. The minimum Gasteiger partial charge on any atom is -0.465 e. The van der Waals surface area contributed by atoms with Crippen LogP contribution in [-0.2, 0) is 4.79 Å². The van der Waals surface area contributed by atoms with Crippen molar-refractivity contribution in [1.29, 1.82) is 0 Å². The van der Waals surface area contributed by atoms with E-state index in [1.54, 1.807) is 13.0 Å². The fourth-order valence-corrected chi connectivity index (χ4v) is 4.41. The maximum Gasteiger partial charge on any atom is 0.409 e. The monoisotopic (exact) mass is 435 g/mol. The number of amides is 1. The quantitative estimate of drug-likeness (QED) is 0.311. The topological polar surface area (TPSA) is 103 Å². The lowest BCUT2D eigenvalue weighted by Crippen LogP contribution is -2.46. The van der Waals surface area contributed by atoms with Gasteiger partial charge in [-0.15, -0.1) is 0 Å². The van der Waals surface area contributed by atoms with Crippen molar-refractivity contribution in [2.75, 3.05) is 33.0 Å². The summed E-state index contributed by atoms with van der Waals surface area (Å²) in [6, 6.07) is 5.04. The van der Waals surface area contributed by atoms with Gasteiger partial charge in [-0.05, 0) is 37.5 Å². The summed E-state index contributed by atoms with van der Waals surface area (Å²) in [6.45, 7) is 5.88. The smallest absolute Gasteiger partial charge is 0.409 e. The number of nitrogens with zero attached hydrogens (tertiary/aromatic N) is 3. The van der Waals surface area contributed by atoms with Crippen LogP contribution in [0.25, 0.3) is 0 Å². The number of aliphatic hydroxyl groups is 1. The summed E-state index contributed by atoms with van der Waals surface area (Å²) in [6.07, 6.45) is 2.36. The first kappa shape index (κ1) is 23.3. The SMILES string of the molecule is CCCCCN(CCC1N(CC=O)CC(c2ccc3c(c2)OCO3)N1C(=O)O)C(C)O. The third-order valence-corrected chi connectivity index (χ3v) is 6.05. The minimum atomic E-state index is -1.03. The van der Waals surface area contributed by atoms with Crippen molar-refractivity contribution in [1.82, 2.24) is 14.7 Å². The Labute approximate surface area is 183 Å². The Morgan fingerprint density at radius 3 is 2.74 bits per heavy atom. The number of unbranched alkanes of at least 4 members (excludes halogenated alkanes) is 2. The molecule has 1 fully saturated rings. The molecule has 1 amide bonds. The second-order valence-electron chi connectivity index (χ2n) is 8.08. The van der Waals surface area contributed by atoms with Crippen LogP contribution in [0.2, 0.25) is 0 Å². The Balaban J connectivity index is 1.78. The number of benzene rings is 1. The van der Waals surface area contributed by atoms with Gasteiger partial charge in [0.2, 0.25) is 6.79 Å². The number of carbonyl (C=O) groups is 2. The molecule has 0 saturated carbocycles.